The molecule has 0 amide bonds. The van der Waals surface area contributed by atoms with E-state index in [9.17, 15) is 0 Å². The predicted molar refractivity (Wildman–Crippen MR) is 85.2 cm³/mol. The Morgan fingerprint density at radius 2 is 1.86 bits per heavy atom. The number of halogens is 2. The summed E-state index contributed by atoms with van der Waals surface area (Å²) in [6.07, 6.45) is 0. The Balaban J connectivity index is 1.84. The first-order valence-electron chi connectivity index (χ1n) is 6.45. The summed E-state index contributed by atoms with van der Waals surface area (Å²) >= 11 is 9.45. The highest BCUT2D eigenvalue weighted by Gasteiger charge is 2.15. The molecule has 2 aromatic carbocycles. The van der Waals surface area contributed by atoms with Crippen molar-refractivity contribution in [2.45, 2.75) is 0 Å². The number of nitrogens with one attached hydrogen (secondary N) is 1. The van der Waals surface area contributed by atoms with Gasteiger partial charge >= 0.3 is 0 Å². The minimum Gasteiger partial charge on any atom is -0.486 e. The Morgan fingerprint density at radius 1 is 1.10 bits per heavy atom. The van der Waals surface area contributed by atoms with Crippen LogP contribution in [0.4, 0.5) is 0 Å². The van der Waals surface area contributed by atoms with Crippen LogP contribution in [-0.2, 0) is 0 Å². The number of hydrogen-bond donors (Lipinski definition) is 1. The molecule has 4 nitrogen and oxygen atoms in total. The van der Waals surface area contributed by atoms with Crippen LogP contribution in [0.1, 0.15) is 0 Å². The van der Waals surface area contributed by atoms with Crippen molar-refractivity contribution in [3.63, 3.8) is 0 Å². The number of aromatic amines is 1. The molecule has 1 aliphatic rings. The zero-order valence-electron chi connectivity index (χ0n) is 10.8. The number of H-pyrrole nitrogens is 1. The molecule has 1 N–H and O–H groups in total. The number of imidazole rings is 1. The van der Waals surface area contributed by atoms with Gasteiger partial charge in [0, 0.05) is 22.2 Å². The average molecular weight is 366 g/mol. The van der Waals surface area contributed by atoms with E-state index in [1.807, 2.05) is 30.3 Å². The second-order valence-corrected chi connectivity index (χ2v) is 5.99. The Labute approximate surface area is 134 Å². The minimum absolute atomic E-state index is 0.569. The summed E-state index contributed by atoms with van der Waals surface area (Å²) in [6, 6.07) is 9.52. The van der Waals surface area contributed by atoms with E-state index >= 15 is 0 Å². The van der Waals surface area contributed by atoms with Crippen LogP contribution in [0.15, 0.2) is 34.8 Å². The summed E-state index contributed by atoms with van der Waals surface area (Å²) in [5.41, 5.74) is 2.72. The SMILES string of the molecule is Clc1ccc(-c2nc3cc4c(cc3[nH]2)OCCO4)cc1Br. The largest absolute Gasteiger partial charge is 0.486 e. The summed E-state index contributed by atoms with van der Waals surface area (Å²) in [7, 11) is 0. The molecule has 1 aliphatic heterocycles. The van der Waals surface area contributed by atoms with Gasteiger partial charge in [-0.2, -0.15) is 0 Å². The van der Waals surface area contributed by atoms with E-state index < -0.39 is 0 Å². The zero-order chi connectivity index (χ0) is 14.4. The van der Waals surface area contributed by atoms with Crippen molar-refractivity contribution in [1.82, 2.24) is 9.97 Å². The molecule has 0 aliphatic carbocycles. The highest BCUT2D eigenvalue weighted by atomic mass is 79.9. The zero-order valence-corrected chi connectivity index (χ0v) is 13.2. The number of nitrogens with zero attached hydrogens (tertiary/aromatic N) is 1. The quantitative estimate of drug-likeness (QED) is 0.694. The van der Waals surface area contributed by atoms with Crippen LogP contribution in [0.5, 0.6) is 11.5 Å². The fourth-order valence-electron chi connectivity index (χ4n) is 2.33. The fraction of sp³-hybridized carbons (Fsp3) is 0.133. The highest BCUT2D eigenvalue weighted by Crippen LogP contribution is 2.35. The van der Waals surface area contributed by atoms with Gasteiger partial charge in [-0.25, -0.2) is 4.98 Å². The van der Waals surface area contributed by atoms with Gasteiger partial charge in [0.15, 0.2) is 11.5 Å². The molecule has 106 valence electrons. The number of hydrogen-bond acceptors (Lipinski definition) is 3. The molecule has 1 aromatic heterocycles. The Hall–Kier alpha value is -1.72. The van der Waals surface area contributed by atoms with Crippen LogP contribution in [0.3, 0.4) is 0 Å². The van der Waals surface area contributed by atoms with Gasteiger partial charge in [0.05, 0.1) is 16.1 Å². The summed E-state index contributed by atoms with van der Waals surface area (Å²) in [5, 5.41) is 0.673. The Kier molecular flexibility index (Phi) is 3.05. The molecule has 0 unspecified atom stereocenters. The third-order valence-electron chi connectivity index (χ3n) is 3.34. The normalized spacial score (nSPS) is 13.6. The first-order chi connectivity index (χ1) is 10.2. The van der Waals surface area contributed by atoms with Gasteiger partial charge in [-0.05, 0) is 34.1 Å². The molecule has 0 radical (unpaired) electrons. The van der Waals surface area contributed by atoms with Crippen molar-refractivity contribution in [3.8, 4) is 22.9 Å². The molecule has 0 saturated heterocycles. The van der Waals surface area contributed by atoms with E-state index in [1.54, 1.807) is 0 Å². The van der Waals surface area contributed by atoms with Crippen LogP contribution in [0.25, 0.3) is 22.4 Å². The van der Waals surface area contributed by atoms with E-state index in [-0.39, 0.29) is 0 Å². The molecular weight excluding hydrogens is 356 g/mol. The third-order valence-corrected chi connectivity index (χ3v) is 4.55. The van der Waals surface area contributed by atoms with Crippen molar-refractivity contribution < 1.29 is 9.47 Å². The Morgan fingerprint density at radius 3 is 2.62 bits per heavy atom. The van der Waals surface area contributed by atoms with Crippen LogP contribution >= 0.6 is 27.5 Å². The molecule has 21 heavy (non-hydrogen) atoms. The highest BCUT2D eigenvalue weighted by molar-refractivity contribution is 9.10. The molecule has 3 aromatic rings. The Bertz CT molecular complexity index is 804. The molecule has 4 rings (SSSR count). The molecule has 0 bridgehead atoms. The first-order valence-corrected chi connectivity index (χ1v) is 7.62. The summed E-state index contributed by atoms with van der Waals surface area (Å²) in [6.45, 7) is 1.14. The number of ether oxygens (including phenoxy) is 2. The molecule has 0 spiro atoms. The lowest BCUT2D eigenvalue weighted by atomic mass is 10.2. The monoisotopic (exact) mass is 364 g/mol. The van der Waals surface area contributed by atoms with Crippen LogP contribution in [-0.4, -0.2) is 23.2 Å². The van der Waals surface area contributed by atoms with E-state index in [2.05, 4.69) is 25.9 Å². The van der Waals surface area contributed by atoms with Crippen LogP contribution in [0, 0.1) is 0 Å². The van der Waals surface area contributed by atoms with Gasteiger partial charge in [0.25, 0.3) is 0 Å². The van der Waals surface area contributed by atoms with Gasteiger partial charge in [0.1, 0.15) is 19.0 Å². The molecule has 2 heterocycles. The van der Waals surface area contributed by atoms with Gasteiger partial charge in [0.2, 0.25) is 0 Å². The number of fused-ring (bicyclic) bond motifs is 2. The molecule has 0 atom stereocenters. The summed E-state index contributed by atoms with van der Waals surface area (Å²) < 4.78 is 12.0. The van der Waals surface area contributed by atoms with Crippen molar-refractivity contribution in [2.75, 3.05) is 13.2 Å². The number of benzene rings is 2. The van der Waals surface area contributed by atoms with Crippen molar-refractivity contribution in [3.05, 3.63) is 39.8 Å². The lowest BCUT2D eigenvalue weighted by molar-refractivity contribution is 0.172. The van der Waals surface area contributed by atoms with Gasteiger partial charge in [-0.1, -0.05) is 11.6 Å². The maximum absolute atomic E-state index is 6.02. The number of rotatable bonds is 1. The van der Waals surface area contributed by atoms with Crippen molar-refractivity contribution in [2.24, 2.45) is 0 Å². The van der Waals surface area contributed by atoms with Gasteiger partial charge in [-0.15, -0.1) is 0 Å². The third kappa shape index (κ3) is 2.26. The summed E-state index contributed by atoms with van der Waals surface area (Å²) in [4.78, 5) is 7.90. The van der Waals surface area contributed by atoms with E-state index in [0.717, 1.165) is 38.4 Å². The lowest BCUT2D eigenvalue weighted by Gasteiger charge is -2.17. The second-order valence-electron chi connectivity index (χ2n) is 4.73. The van der Waals surface area contributed by atoms with Crippen LogP contribution in [0.2, 0.25) is 5.02 Å². The van der Waals surface area contributed by atoms with E-state index in [1.165, 1.54) is 0 Å². The molecule has 0 saturated carbocycles. The average Bonchev–Trinajstić information content (AvgIpc) is 2.90. The van der Waals surface area contributed by atoms with E-state index in [4.69, 9.17) is 21.1 Å². The topological polar surface area (TPSA) is 47.1 Å². The predicted octanol–water partition coefficient (Wildman–Crippen LogP) is 4.42. The number of aromatic nitrogens is 2. The molecule has 6 heteroatoms. The maximum Gasteiger partial charge on any atom is 0.163 e. The minimum atomic E-state index is 0.569. The van der Waals surface area contributed by atoms with Gasteiger partial charge < -0.3 is 14.5 Å². The first kappa shape index (κ1) is 13.0. The van der Waals surface area contributed by atoms with Crippen molar-refractivity contribution in [1.29, 1.82) is 0 Å². The molecule has 0 fully saturated rings. The smallest absolute Gasteiger partial charge is 0.163 e. The van der Waals surface area contributed by atoms with Crippen molar-refractivity contribution >= 4 is 38.6 Å². The summed E-state index contributed by atoms with van der Waals surface area (Å²) in [5.74, 6) is 2.27. The fourth-order valence-corrected chi connectivity index (χ4v) is 2.82. The second kappa shape index (κ2) is 4.93. The lowest BCUT2D eigenvalue weighted by Crippen LogP contribution is -2.15. The van der Waals surface area contributed by atoms with Gasteiger partial charge in [-0.3, -0.25) is 0 Å². The standard InChI is InChI=1S/C15H10BrClN2O2/c16-9-5-8(1-2-10(9)17)15-18-11-6-13-14(7-12(11)19-15)21-4-3-20-13/h1-2,5-7H,3-4H2,(H,18,19). The molecular formula is C15H10BrClN2O2. The van der Waals surface area contributed by atoms with Crippen LogP contribution < -0.4 is 9.47 Å². The maximum atomic E-state index is 6.02. The van der Waals surface area contributed by atoms with E-state index in [0.29, 0.717) is 18.2 Å².